The summed E-state index contributed by atoms with van der Waals surface area (Å²) in [5, 5.41) is 19.2. The van der Waals surface area contributed by atoms with Crippen molar-refractivity contribution in [3.63, 3.8) is 0 Å². The van der Waals surface area contributed by atoms with Crippen molar-refractivity contribution in [2.24, 2.45) is 0 Å². The highest BCUT2D eigenvalue weighted by molar-refractivity contribution is 9.10. The van der Waals surface area contributed by atoms with E-state index in [0.29, 0.717) is 34.2 Å². The normalized spacial score (nSPS) is 11.0. The summed E-state index contributed by atoms with van der Waals surface area (Å²) in [4.78, 5) is 45.6. The highest BCUT2D eigenvalue weighted by Crippen LogP contribution is 2.37. The predicted molar refractivity (Wildman–Crippen MR) is 196 cm³/mol. The van der Waals surface area contributed by atoms with Gasteiger partial charge in [-0.05, 0) is 99.7 Å². The summed E-state index contributed by atoms with van der Waals surface area (Å²) in [5.74, 6) is 0.795. The summed E-state index contributed by atoms with van der Waals surface area (Å²) in [6.45, 7) is 4.13. The number of aromatic nitrogens is 4. The van der Waals surface area contributed by atoms with Crippen LogP contribution in [0.15, 0.2) is 118 Å². The third-order valence-corrected chi connectivity index (χ3v) is 9.06. The minimum atomic E-state index is -0.311. The second kappa shape index (κ2) is 15.4. The third-order valence-electron chi connectivity index (χ3n) is 7.51. The van der Waals surface area contributed by atoms with Gasteiger partial charge in [0.1, 0.15) is 18.0 Å². The Kier molecular flexibility index (Phi) is 10.6. The molecule has 3 heterocycles. The monoisotopic (exact) mass is 733 g/mol. The third kappa shape index (κ3) is 8.65. The van der Waals surface area contributed by atoms with E-state index in [0.717, 1.165) is 36.5 Å². The lowest BCUT2D eigenvalue weighted by Crippen LogP contribution is -2.14. The number of hydrogen-bond acceptors (Lipinski definition) is 9. The average molecular weight is 735 g/mol. The van der Waals surface area contributed by atoms with Crippen molar-refractivity contribution in [2.75, 3.05) is 16.0 Å². The Balaban J connectivity index is 1.24. The van der Waals surface area contributed by atoms with Crippen molar-refractivity contribution in [1.82, 2.24) is 19.9 Å². The molecule has 0 aliphatic rings. The van der Waals surface area contributed by atoms with E-state index in [2.05, 4.69) is 60.7 Å². The highest BCUT2D eigenvalue weighted by atomic mass is 79.9. The molecule has 246 valence electrons. The van der Waals surface area contributed by atoms with E-state index in [1.165, 1.54) is 18.1 Å². The van der Waals surface area contributed by atoms with Crippen LogP contribution in [0.3, 0.4) is 0 Å². The molecule has 2 amide bonds. The van der Waals surface area contributed by atoms with Crippen LogP contribution in [-0.2, 0) is 17.8 Å². The molecule has 3 aromatic carbocycles. The first-order valence-electron chi connectivity index (χ1n) is 15.5. The standard InChI is InChI=1S/C37H32BrN7O3S/c1-22(2)30-14-13-29-35(43-30)40-21-41-36(29)44-31-18-25(37(48)45-33-16-8-26(38)19-39-33)7-15-32(31)49-28-11-9-27(10-12-28)42-34(47)17-23-3-5-24(20-46)6-4-23/h3-16,18-19,21-22,46H,17,20H2,1-2H3,(H,42,47)(H,39,45,48)(H,40,41,43,44). The molecule has 12 heteroatoms. The maximum Gasteiger partial charge on any atom is 0.256 e. The van der Waals surface area contributed by atoms with E-state index in [1.807, 2.05) is 72.8 Å². The van der Waals surface area contributed by atoms with Gasteiger partial charge in [0.15, 0.2) is 5.65 Å². The molecule has 0 saturated carbocycles. The first-order valence-corrected chi connectivity index (χ1v) is 17.1. The van der Waals surface area contributed by atoms with E-state index >= 15 is 0 Å². The van der Waals surface area contributed by atoms with Crippen LogP contribution in [0.25, 0.3) is 11.0 Å². The lowest BCUT2D eigenvalue weighted by atomic mass is 10.1. The second-order valence-corrected chi connectivity index (χ2v) is 13.5. The SMILES string of the molecule is CC(C)c1ccc2c(Nc3cc(C(=O)Nc4ccc(Br)cn4)ccc3Sc3ccc(NC(=O)Cc4ccc(CO)cc4)cc3)ncnc2n1. The number of aliphatic hydroxyl groups is 1. The number of hydrogen-bond donors (Lipinski definition) is 4. The molecule has 3 aromatic heterocycles. The molecule has 10 nitrogen and oxygen atoms in total. The fourth-order valence-corrected chi connectivity index (χ4v) is 6.00. The Bertz CT molecular complexity index is 2110. The zero-order valence-corrected chi connectivity index (χ0v) is 29.0. The van der Waals surface area contributed by atoms with Crippen LogP contribution in [0.5, 0.6) is 0 Å². The zero-order valence-electron chi connectivity index (χ0n) is 26.6. The number of fused-ring (bicyclic) bond motifs is 1. The van der Waals surface area contributed by atoms with Crippen LogP contribution in [0, 0.1) is 0 Å². The molecule has 6 aromatic rings. The molecule has 0 bridgehead atoms. The molecule has 0 aliphatic heterocycles. The van der Waals surface area contributed by atoms with Crippen LogP contribution in [-0.4, -0.2) is 36.9 Å². The molecule has 0 aliphatic carbocycles. The first-order chi connectivity index (χ1) is 23.7. The molecule has 49 heavy (non-hydrogen) atoms. The Labute approximate surface area is 296 Å². The van der Waals surface area contributed by atoms with Crippen molar-refractivity contribution in [1.29, 1.82) is 0 Å². The second-order valence-electron chi connectivity index (χ2n) is 11.5. The molecule has 0 radical (unpaired) electrons. The summed E-state index contributed by atoms with van der Waals surface area (Å²) in [5.41, 5.74) is 4.94. The van der Waals surface area contributed by atoms with E-state index in [1.54, 1.807) is 24.4 Å². The van der Waals surface area contributed by atoms with E-state index < -0.39 is 0 Å². The zero-order chi connectivity index (χ0) is 34.3. The quantitative estimate of drug-likeness (QED) is 0.104. The summed E-state index contributed by atoms with van der Waals surface area (Å²) < 4.78 is 0.811. The van der Waals surface area contributed by atoms with Crippen molar-refractivity contribution < 1.29 is 14.7 Å². The average Bonchev–Trinajstić information content (AvgIpc) is 3.11. The molecule has 0 fully saturated rings. The number of pyridine rings is 2. The lowest BCUT2D eigenvalue weighted by molar-refractivity contribution is -0.115. The van der Waals surface area contributed by atoms with Gasteiger partial charge in [0.25, 0.3) is 5.91 Å². The van der Waals surface area contributed by atoms with Gasteiger partial charge in [0.2, 0.25) is 5.91 Å². The number of amides is 2. The predicted octanol–water partition coefficient (Wildman–Crippen LogP) is 8.13. The van der Waals surface area contributed by atoms with Crippen molar-refractivity contribution in [3.05, 3.63) is 130 Å². The number of nitrogens with one attached hydrogen (secondary N) is 3. The molecule has 0 saturated heterocycles. The van der Waals surface area contributed by atoms with Crippen molar-refractivity contribution in [2.45, 2.75) is 42.6 Å². The van der Waals surface area contributed by atoms with Gasteiger partial charge in [-0.15, -0.1) is 0 Å². The minimum absolute atomic E-state index is 0.0352. The summed E-state index contributed by atoms with van der Waals surface area (Å²) in [7, 11) is 0. The minimum Gasteiger partial charge on any atom is -0.392 e. The number of aliphatic hydroxyl groups excluding tert-OH is 1. The van der Waals surface area contributed by atoms with E-state index in [4.69, 9.17) is 4.98 Å². The van der Waals surface area contributed by atoms with Crippen LogP contribution in [0.1, 0.15) is 46.9 Å². The van der Waals surface area contributed by atoms with Gasteiger partial charge in [0.05, 0.1) is 24.1 Å². The molecule has 4 N–H and O–H groups in total. The van der Waals surface area contributed by atoms with Crippen molar-refractivity contribution >= 4 is 73.6 Å². The number of benzene rings is 3. The number of halogens is 1. The van der Waals surface area contributed by atoms with Gasteiger partial charge in [-0.1, -0.05) is 49.9 Å². The largest absolute Gasteiger partial charge is 0.392 e. The van der Waals surface area contributed by atoms with Gasteiger partial charge >= 0.3 is 0 Å². The fraction of sp³-hybridized carbons (Fsp3) is 0.135. The maximum absolute atomic E-state index is 13.3. The highest BCUT2D eigenvalue weighted by Gasteiger charge is 2.15. The summed E-state index contributed by atoms with van der Waals surface area (Å²) in [6.07, 6.45) is 3.32. The Morgan fingerprint density at radius 3 is 2.35 bits per heavy atom. The Morgan fingerprint density at radius 2 is 1.63 bits per heavy atom. The Hall–Kier alpha value is -5.17. The van der Waals surface area contributed by atoms with Gasteiger partial charge < -0.3 is 21.1 Å². The lowest BCUT2D eigenvalue weighted by Gasteiger charge is -2.15. The molecular formula is C37H32BrN7O3S. The van der Waals surface area contributed by atoms with Gasteiger partial charge in [0, 0.05) is 37.4 Å². The van der Waals surface area contributed by atoms with E-state index in [-0.39, 0.29) is 30.8 Å². The number of nitrogens with zero attached hydrogens (tertiary/aromatic N) is 4. The summed E-state index contributed by atoms with van der Waals surface area (Å²) in [6, 6.07) is 27.7. The van der Waals surface area contributed by atoms with Crippen LogP contribution in [0.2, 0.25) is 0 Å². The first kappa shape index (κ1) is 33.7. The topological polar surface area (TPSA) is 142 Å². The molecule has 0 spiro atoms. The van der Waals surface area contributed by atoms with Gasteiger partial charge in [-0.2, -0.15) is 0 Å². The van der Waals surface area contributed by atoms with Gasteiger partial charge in [-0.3, -0.25) is 9.59 Å². The number of anilines is 4. The van der Waals surface area contributed by atoms with E-state index in [9.17, 15) is 14.7 Å². The molecule has 6 rings (SSSR count). The number of carbonyl (C=O) groups excluding carboxylic acids is 2. The van der Waals surface area contributed by atoms with Crippen LogP contribution in [0.4, 0.5) is 23.0 Å². The smallest absolute Gasteiger partial charge is 0.256 e. The van der Waals surface area contributed by atoms with Crippen LogP contribution < -0.4 is 16.0 Å². The maximum atomic E-state index is 13.3. The Morgan fingerprint density at radius 1 is 0.857 bits per heavy atom. The summed E-state index contributed by atoms with van der Waals surface area (Å²) >= 11 is 4.87. The number of carbonyl (C=O) groups is 2. The molecule has 0 unspecified atom stereocenters. The van der Waals surface area contributed by atoms with Gasteiger partial charge in [-0.25, -0.2) is 19.9 Å². The fourth-order valence-electron chi connectivity index (χ4n) is 4.89. The van der Waals surface area contributed by atoms with Crippen LogP contribution >= 0.6 is 27.7 Å². The van der Waals surface area contributed by atoms with Crippen molar-refractivity contribution in [3.8, 4) is 0 Å². The molecule has 0 atom stereocenters. The number of rotatable bonds is 11. The molecular weight excluding hydrogens is 702 g/mol.